The predicted octanol–water partition coefficient (Wildman–Crippen LogP) is 1.65. The van der Waals surface area contributed by atoms with Crippen LogP contribution in [0.5, 0.6) is 0 Å². The third-order valence-electron chi connectivity index (χ3n) is 3.43. The molecule has 1 amide bonds. The van der Waals surface area contributed by atoms with Crippen LogP contribution in [0, 0.1) is 0 Å². The first kappa shape index (κ1) is 13.3. The van der Waals surface area contributed by atoms with Crippen molar-refractivity contribution in [2.24, 2.45) is 7.05 Å². The second-order valence-electron chi connectivity index (χ2n) is 4.92. The molecule has 1 fully saturated rings. The summed E-state index contributed by atoms with van der Waals surface area (Å²) in [4.78, 5) is 18.6. The van der Waals surface area contributed by atoms with Crippen LogP contribution < -0.4 is 5.32 Å². The van der Waals surface area contributed by atoms with Gasteiger partial charge in [0.1, 0.15) is 5.01 Å². The van der Waals surface area contributed by atoms with Gasteiger partial charge >= 0.3 is 0 Å². The van der Waals surface area contributed by atoms with Crippen molar-refractivity contribution in [1.82, 2.24) is 19.7 Å². The van der Waals surface area contributed by atoms with Crippen molar-refractivity contribution in [3.63, 3.8) is 0 Å². The molecule has 0 aliphatic carbocycles. The molecule has 6 nitrogen and oxygen atoms in total. The number of amides is 1. The van der Waals surface area contributed by atoms with Gasteiger partial charge in [-0.05, 0) is 19.4 Å². The van der Waals surface area contributed by atoms with Crippen molar-refractivity contribution in [3.8, 4) is 0 Å². The number of nitrogens with zero attached hydrogens (tertiary/aromatic N) is 4. The number of hydrogen-bond donors (Lipinski definition) is 1. The molecule has 2 aromatic heterocycles. The molecule has 1 aliphatic rings. The highest BCUT2D eigenvalue weighted by Crippen LogP contribution is 2.32. The second kappa shape index (κ2) is 5.72. The van der Waals surface area contributed by atoms with E-state index in [1.54, 1.807) is 22.1 Å². The van der Waals surface area contributed by atoms with Gasteiger partial charge in [-0.2, -0.15) is 5.10 Å². The average molecular weight is 291 g/mol. The third kappa shape index (κ3) is 2.88. The van der Waals surface area contributed by atoms with Crippen molar-refractivity contribution >= 4 is 23.1 Å². The molecule has 0 unspecified atom stereocenters. The molecular weight excluding hydrogens is 274 g/mol. The molecule has 1 atom stereocenters. The highest BCUT2D eigenvalue weighted by Gasteiger charge is 2.29. The third-order valence-corrected chi connectivity index (χ3v) is 4.30. The van der Waals surface area contributed by atoms with Crippen molar-refractivity contribution in [2.75, 3.05) is 18.4 Å². The zero-order valence-corrected chi connectivity index (χ0v) is 12.1. The Bertz CT molecular complexity index is 579. The number of aryl methyl sites for hydroxylation is 1. The Morgan fingerprint density at radius 3 is 3.20 bits per heavy atom. The number of thiazole rings is 1. The van der Waals surface area contributed by atoms with Crippen LogP contribution in [-0.4, -0.2) is 38.7 Å². The van der Waals surface area contributed by atoms with Crippen molar-refractivity contribution < 1.29 is 4.79 Å². The fourth-order valence-electron chi connectivity index (χ4n) is 2.54. The molecule has 1 N–H and O–H groups in total. The lowest BCUT2D eigenvalue weighted by molar-refractivity contribution is -0.117. The maximum absolute atomic E-state index is 12.1. The van der Waals surface area contributed by atoms with E-state index in [2.05, 4.69) is 20.3 Å². The van der Waals surface area contributed by atoms with Crippen molar-refractivity contribution in [2.45, 2.75) is 18.9 Å². The van der Waals surface area contributed by atoms with Crippen molar-refractivity contribution in [3.05, 3.63) is 28.8 Å². The molecule has 0 bridgehead atoms. The lowest BCUT2D eigenvalue weighted by Crippen LogP contribution is -2.33. The Labute approximate surface area is 121 Å². The summed E-state index contributed by atoms with van der Waals surface area (Å²) in [5.41, 5.74) is 0. The smallest absolute Gasteiger partial charge is 0.239 e. The molecule has 0 saturated carbocycles. The van der Waals surface area contributed by atoms with E-state index in [0.717, 1.165) is 24.4 Å². The Hall–Kier alpha value is -1.73. The van der Waals surface area contributed by atoms with Gasteiger partial charge in [0, 0.05) is 30.9 Å². The number of carbonyl (C=O) groups is 1. The summed E-state index contributed by atoms with van der Waals surface area (Å²) >= 11 is 1.66. The summed E-state index contributed by atoms with van der Waals surface area (Å²) in [6.45, 7) is 1.33. The van der Waals surface area contributed by atoms with Crippen LogP contribution >= 0.6 is 11.3 Å². The van der Waals surface area contributed by atoms with Crippen LogP contribution in [0.2, 0.25) is 0 Å². The van der Waals surface area contributed by atoms with Crippen molar-refractivity contribution in [1.29, 1.82) is 0 Å². The maximum Gasteiger partial charge on any atom is 0.239 e. The van der Waals surface area contributed by atoms with E-state index in [-0.39, 0.29) is 11.9 Å². The van der Waals surface area contributed by atoms with Gasteiger partial charge in [-0.3, -0.25) is 14.4 Å². The van der Waals surface area contributed by atoms with E-state index in [9.17, 15) is 4.79 Å². The Balaban J connectivity index is 1.60. The monoisotopic (exact) mass is 291 g/mol. The molecule has 0 radical (unpaired) electrons. The number of aromatic nitrogens is 3. The summed E-state index contributed by atoms with van der Waals surface area (Å²) < 4.78 is 1.67. The fourth-order valence-corrected chi connectivity index (χ4v) is 3.35. The maximum atomic E-state index is 12.1. The molecule has 0 spiro atoms. The number of anilines is 1. The quantitative estimate of drug-likeness (QED) is 0.930. The lowest BCUT2D eigenvalue weighted by Gasteiger charge is -2.21. The van der Waals surface area contributed by atoms with Crippen LogP contribution in [0.15, 0.2) is 23.8 Å². The zero-order valence-electron chi connectivity index (χ0n) is 11.3. The van der Waals surface area contributed by atoms with Crippen LogP contribution in [0.4, 0.5) is 5.82 Å². The largest absolute Gasteiger partial charge is 0.308 e. The highest BCUT2D eigenvalue weighted by atomic mass is 32.1. The van der Waals surface area contributed by atoms with Gasteiger partial charge in [0.2, 0.25) is 5.91 Å². The first-order chi connectivity index (χ1) is 9.72. The molecule has 1 saturated heterocycles. The van der Waals surface area contributed by atoms with E-state index >= 15 is 0 Å². The number of nitrogens with one attached hydrogen (secondary N) is 1. The van der Waals surface area contributed by atoms with Crippen LogP contribution in [0.1, 0.15) is 23.9 Å². The van der Waals surface area contributed by atoms with E-state index in [1.165, 1.54) is 0 Å². The standard InChI is InChI=1S/C13H17N5OS/c1-17-7-4-11(16-17)15-12(19)9-18-6-2-3-10(18)13-14-5-8-20-13/h4-5,7-8,10H,2-3,6,9H2,1H3,(H,15,16,19)/t10-/m1/s1. The van der Waals surface area contributed by atoms with Gasteiger partial charge in [-0.1, -0.05) is 0 Å². The van der Waals surface area contributed by atoms with Gasteiger partial charge in [0.25, 0.3) is 0 Å². The molecule has 0 aromatic carbocycles. The minimum absolute atomic E-state index is 0.0212. The van der Waals surface area contributed by atoms with E-state index in [4.69, 9.17) is 0 Å². The second-order valence-corrected chi connectivity index (χ2v) is 5.85. The SMILES string of the molecule is Cn1ccc(NC(=O)CN2CCC[C@@H]2c2nccs2)n1. The number of likely N-dealkylation sites (tertiary alicyclic amines) is 1. The summed E-state index contributed by atoms with van der Waals surface area (Å²) in [6, 6.07) is 2.07. The number of rotatable bonds is 4. The van der Waals surface area contributed by atoms with Gasteiger partial charge in [0.05, 0.1) is 12.6 Å². The molecule has 3 rings (SSSR count). The van der Waals surface area contributed by atoms with Crippen LogP contribution in [0.3, 0.4) is 0 Å². The molecule has 2 aromatic rings. The summed E-state index contributed by atoms with van der Waals surface area (Å²) in [5.74, 6) is 0.578. The lowest BCUT2D eigenvalue weighted by atomic mass is 10.2. The van der Waals surface area contributed by atoms with Crippen LogP contribution in [-0.2, 0) is 11.8 Å². The first-order valence-corrected chi connectivity index (χ1v) is 7.53. The zero-order chi connectivity index (χ0) is 13.9. The Kier molecular flexibility index (Phi) is 3.79. The minimum atomic E-state index is -0.0212. The summed E-state index contributed by atoms with van der Waals surface area (Å²) in [7, 11) is 1.83. The summed E-state index contributed by atoms with van der Waals surface area (Å²) in [6.07, 6.45) is 5.82. The van der Waals surface area contributed by atoms with Gasteiger partial charge in [-0.25, -0.2) is 4.98 Å². The van der Waals surface area contributed by atoms with E-state index < -0.39 is 0 Å². The molecule has 20 heavy (non-hydrogen) atoms. The molecule has 3 heterocycles. The normalized spacial score (nSPS) is 19.4. The fraction of sp³-hybridized carbons (Fsp3) is 0.462. The van der Waals surface area contributed by atoms with Gasteiger partial charge in [-0.15, -0.1) is 11.3 Å². The highest BCUT2D eigenvalue weighted by molar-refractivity contribution is 7.09. The minimum Gasteiger partial charge on any atom is -0.308 e. The van der Waals surface area contributed by atoms with Gasteiger partial charge < -0.3 is 5.32 Å². The first-order valence-electron chi connectivity index (χ1n) is 6.65. The number of hydrogen-bond acceptors (Lipinski definition) is 5. The average Bonchev–Trinajstić information content (AvgIpc) is 3.10. The molecule has 1 aliphatic heterocycles. The van der Waals surface area contributed by atoms with E-state index in [0.29, 0.717) is 12.4 Å². The Morgan fingerprint density at radius 1 is 1.60 bits per heavy atom. The number of carbonyl (C=O) groups excluding carboxylic acids is 1. The predicted molar refractivity (Wildman–Crippen MR) is 77.5 cm³/mol. The molecular formula is C13H17N5OS. The van der Waals surface area contributed by atoms with Crippen LogP contribution in [0.25, 0.3) is 0 Å². The Morgan fingerprint density at radius 2 is 2.50 bits per heavy atom. The topological polar surface area (TPSA) is 63.1 Å². The van der Waals surface area contributed by atoms with E-state index in [1.807, 2.05) is 24.8 Å². The summed E-state index contributed by atoms with van der Waals surface area (Å²) in [5, 5.41) is 10.1. The van der Waals surface area contributed by atoms with Gasteiger partial charge in [0.15, 0.2) is 5.82 Å². The molecule has 7 heteroatoms. The molecule has 106 valence electrons.